The molecule has 0 bridgehead atoms. The molecule has 198 valence electrons. The predicted octanol–water partition coefficient (Wildman–Crippen LogP) is 7.13. The summed E-state index contributed by atoms with van der Waals surface area (Å²) < 4.78 is 93.3. The van der Waals surface area contributed by atoms with Crippen molar-refractivity contribution >= 4 is 23.5 Å². The molecule has 3 rings (SSSR count). The van der Waals surface area contributed by atoms with Crippen molar-refractivity contribution in [2.75, 3.05) is 0 Å². The van der Waals surface area contributed by atoms with Gasteiger partial charge < -0.3 is 5.73 Å². The van der Waals surface area contributed by atoms with E-state index in [1.807, 2.05) is 0 Å². The minimum atomic E-state index is -5.07. The first-order valence-electron chi connectivity index (χ1n) is 11.0. The molecule has 0 aliphatic heterocycles. The van der Waals surface area contributed by atoms with Crippen LogP contribution in [0.15, 0.2) is 77.8 Å². The van der Waals surface area contributed by atoms with E-state index in [-0.39, 0.29) is 17.2 Å². The van der Waals surface area contributed by atoms with Crippen LogP contribution in [0.25, 0.3) is 16.7 Å². The maximum Gasteiger partial charge on any atom is 0.416 e. The second-order valence-electron chi connectivity index (χ2n) is 8.29. The molecule has 0 aromatic heterocycles. The van der Waals surface area contributed by atoms with Crippen molar-refractivity contribution in [3.05, 3.63) is 101 Å². The Kier molecular flexibility index (Phi) is 8.19. The number of amides is 1. The fraction of sp³-hybridized carbons (Fsp3) is 0.148. The summed E-state index contributed by atoms with van der Waals surface area (Å²) in [6.45, 7) is 1.49. The Hall–Kier alpha value is -4.28. The summed E-state index contributed by atoms with van der Waals surface area (Å²) in [5, 5.41) is 7.90. The number of primary amides is 1. The van der Waals surface area contributed by atoms with E-state index in [1.54, 1.807) is 30.3 Å². The van der Waals surface area contributed by atoms with Crippen LogP contribution < -0.4 is 5.73 Å². The number of amidine groups is 1. The first-order chi connectivity index (χ1) is 17.7. The van der Waals surface area contributed by atoms with Crippen molar-refractivity contribution in [3.63, 3.8) is 0 Å². The molecule has 3 N–H and O–H groups in total. The monoisotopic (exact) mass is 535 g/mol. The lowest BCUT2D eigenvalue weighted by molar-refractivity contribution is -0.143. The second-order valence-corrected chi connectivity index (χ2v) is 8.29. The molecule has 0 spiro atoms. The largest absolute Gasteiger partial charge is 0.416 e. The molecule has 38 heavy (non-hydrogen) atoms. The van der Waals surface area contributed by atoms with Crippen LogP contribution in [-0.4, -0.2) is 18.0 Å². The molecule has 0 heterocycles. The van der Waals surface area contributed by atoms with Gasteiger partial charge in [0.2, 0.25) is 5.91 Å². The quantitative estimate of drug-likeness (QED) is 0.150. The Labute approximate surface area is 212 Å². The third kappa shape index (κ3) is 6.93. The van der Waals surface area contributed by atoms with Gasteiger partial charge in [-0.15, -0.1) is 0 Å². The summed E-state index contributed by atoms with van der Waals surface area (Å²) in [5.74, 6) is -3.14. The molecule has 1 atom stereocenters. The molecule has 1 amide bonds. The predicted molar refractivity (Wildman–Crippen MR) is 130 cm³/mol. The average Bonchev–Trinajstić information content (AvgIpc) is 2.84. The van der Waals surface area contributed by atoms with Gasteiger partial charge in [-0.05, 0) is 35.4 Å². The molecule has 1 unspecified atom stereocenters. The third-order valence-corrected chi connectivity index (χ3v) is 5.36. The van der Waals surface area contributed by atoms with E-state index in [1.165, 1.54) is 25.1 Å². The SMILES string of the molecule is CC(C=NC(=N)c1cc(C(F)(F)F)cc(C(F)(F)F)c1)/C=C(/C(N)=O)c1ccc(-c2ccccc2)c(F)c1. The number of halogens is 7. The number of carbonyl (C=O) groups excluding carboxylic acids is 1. The number of benzene rings is 3. The van der Waals surface area contributed by atoms with Crippen molar-refractivity contribution in [1.82, 2.24) is 0 Å². The number of carbonyl (C=O) groups is 1. The van der Waals surface area contributed by atoms with Crippen LogP contribution in [0.5, 0.6) is 0 Å². The smallest absolute Gasteiger partial charge is 0.366 e. The Morgan fingerprint density at radius 2 is 1.47 bits per heavy atom. The zero-order valence-corrected chi connectivity index (χ0v) is 19.7. The number of nitrogens with one attached hydrogen (secondary N) is 1. The van der Waals surface area contributed by atoms with Crippen molar-refractivity contribution in [3.8, 4) is 11.1 Å². The van der Waals surface area contributed by atoms with Crippen molar-refractivity contribution in [1.29, 1.82) is 5.41 Å². The van der Waals surface area contributed by atoms with Gasteiger partial charge in [0.05, 0.1) is 11.1 Å². The van der Waals surface area contributed by atoms with Gasteiger partial charge in [0.1, 0.15) is 5.82 Å². The van der Waals surface area contributed by atoms with Gasteiger partial charge in [0.25, 0.3) is 0 Å². The summed E-state index contributed by atoms with van der Waals surface area (Å²) >= 11 is 0. The Morgan fingerprint density at radius 1 is 0.895 bits per heavy atom. The number of alkyl halides is 6. The zero-order valence-electron chi connectivity index (χ0n) is 19.7. The number of hydrogen-bond donors (Lipinski definition) is 2. The molecule has 0 radical (unpaired) electrons. The zero-order chi connectivity index (χ0) is 28.3. The Balaban J connectivity index is 1.89. The molecular weight excluding hydrogens is 515 g/mol. The van der Waals surface area contributed by atoms with Crippen molar-refractivity contribution in [2.45, 2.75) is 19.3 Å². The summed E-state index contributed by atoms with van der Waals surface area (Å²) in [4.78, 5) is 15.7. The molecule has 0 aliphatic carbocycles. The number of aliphatic imine (C=N–C) groups is 1. The molecule has 3 aromatic carbocycles. The summed E-state index contributed by atoms with van der Waals surface area (Å²) in [6.07, 6.45) is -7.80. The van der Waals surface area contributed by atoms with Gasteiger partial charge in [-0.25, -0.2) is 9.38 Å². The van der Waals surface area contributed by atoms with Gasteiger partial charge in [-0.2, -0.15) is 26.3 Å². The van der Waals surface area contributed by atoms with Gasteiger partial charge in [-0.3, -0.25) is 10.2 Å². The Bertz CT molecular complexity index is 1380. The van der Waals surface area contributed by atoms with Gasteiger partial charge >= 0.3 is 12.4 Å². The van der Waals surface area contributed by atoms with E-state index in [9.17, 15) is 35.5 Å². The highest BCUT2D eigenvalue weighted by atomic mass is 19.4. The normalized spacial score (nSPS) is 13.5. The van der Waals surface area contributed by atoms with E-state index in [0.29, 0.717) is 23.3 Å². The lowest BCUT2D eigenvalue weighted by atomic mass is 9.97. The topological polar surface area (TPSA) is 79.3 Å². The number of allylic oxidation sites excluding steroid dienone is 1. The highest BCUT2D eigenvalue weighted by Gasteiger charge is 2.37. The van der Waals surface area contributed by atoms with Crippen LogP contribution in [0.2, 0.25) is 0 Å². The summed E-state index contributed by atoms with van der Waals surface area (Å²) in [5.41, 5.74) is 2.56. The molecule has 0 saturated heterocycles. The highest BCUT2D eigenvalue weighted by molar-refractivity contribution is 6.19. The first kappa shape index (κ1) is 28.3. The molecule has 3 aromatic rings. The van der Waals surface area contributed by atoms with E-state index in [0.717, 1.165) is 12.3 Å². The van der Waals surface area contributed by atoms with Crippen molar-refractivity contribution < 1.29 is 35.5 Å². The maximum atomic E-state index is 14.8. The molecule has 4 nitrogen and oxygen atoms in total. The maximum absolute atomic E-state index is 14.8. The third-order valence-electron chi connectivity index (χ3n) is 5.36. The number of nitrogens with zero attached hydrogens (tertiary/aromatic N) is 1. The highest BCUT2D eigenvalue weighted by Crippen LogP contribution is 2.36. The lowest BCUT2D eigenvalue weighted by Gasteiger charge is -2.13. The number of rotatable bonds is 6. The minimum Gasteiger partial charge on any atom is -0.366 e. The number of nitrogens with two attached hydrogens (primary N) is 1. The summed E-state index contributed by atoms with van der Waals surface area (Å²) in [7, 11) is 0. The fourth-order valence-electron chi connectivity index (χ4n) is 3.52. The van der Waals surface area contributed by atoms with Crippen LogP contribution in [-0.2, 0) is 17.1 Å². The van der Waals surface area contributed by atoms with Gasteiger partial charge in [0, 0.05) is 28.8 Å². The van der Waals surface area contributed by atoms with Crippen molar-refractivity contribution in [2.24, 2.45) is 16.6 Å². The average molecular weight is 535 g/mol. The van der Waals surface area contributed by atoms with Crippen LogP contribution >= 0.6 is 0 Å². The standard InChI is InChI=1S/C27H20F7N3O/c1-15(14-37-24(35)18-10-19(26(29,30)31)13-20(11-18)27(32,33)34)9-22(25(36)38)17-7-8-21(23(28)12-17)16-5-3-2-4-6-16/h2-15,35H,1H3,(H2,36,38)/b22-9+,35-24?,37-14?. The number of hydrogen-bond acceptors (Lipinski definition) is 2. The fourth-order valence-corrected chi connectivity index (χ4v) is 3.52. The van der Waals surface area contributed by atoms with E-state index >= 15 is 0 Å². The first-order valence-corrected chi connectivity index (χ1v) is 11.0. The summed E-state index contributed by atoms with van der Waals surface area (Å²) in [6, 6.07) is 13.5. The second kappa shape index (κ2) is 11.0. The van der Waals surface area contributed by atoms with Crippen LogP contribution in [0, 0.1) is 17.1 Å². The lowest BCUT2D eigenvalue weighted by Crippen LogP contribution is -2.15. The Morgan fingerprint density at radius 3 is 1.97 bits per heavy atom. The van der Waals surface area contributed by atoms with Crippen LogP contribution in [0.3, 0.4) is 0 Å². The molecule has 0 aliphatic rings. The van der Waals surface area contributed by atoms with Crippen LogP contribution in [0.4, 0.5) is 30.7 Å². The molecular formula is C27H20F7N3O. The molecule has 0 fully saturated rings. The van der Waals surface area contributed by atoms with E-state index < -0.39 is 52.5 Å². The van der Waals surface area contributed by atoms with Gasteiger partial charge in [-0.1, -0.05) is 55.5 Å². The van der Waals surface area contributed by atoms with Gasteiger partial charge in [0.15, 0.2) is 5.84 Å². The van der Waals surface area contributed by atoms with Crippen LogP contribution in [0.1, 0.15) is 29.2 Å². The molecule has 11 heteroatoms. The molecule has 0 saturated carbocycles. The van der Waals surface area contributed by atoms with E-state index in [4.69, 9.17) is 11.1 Å². The minimum absolute atomic E-state index is 0.0484. The van der Waals surface area contributed by atoms with E-state index in [2.05, 4.69) is 4.99 Å².